The fourth-order valence-corrected chi connectivity index (χ4v) is 9.54. The van der Waals surface area contributed by atoms with E-state index in [1.165, 1.54) is 35.3 Å². The van der Waals surface area contributed by atoms with E-state index < -0.39 is 0 Å². The molecule has 3 aromatic heterocycles. The first kappa shape index (κ1) is 30.2. The molecule has 1 N–H and O–H groups in total. The first-order valence-corrected chi connectivity index (χ1v) is 17.7. The molecule has 1 amide bonds. The molecule has 47 heavy (non-hydrogen) atoms. The molecule has 2 aliphatic carbocycles. The standard InChI is InChI=1S/C36H42N8O2S/c1-21-23(3)47-34-30(21)31(37-22(2)32-42-39-24(4)44(32)34)25-11-13-27(14-12-25)46-35(5)17-36(18-35)19-43(20-36)29-16-15-28(40-41-29)33(45)38-26-9-7-6-8-10-26/h11-16,22,26H,6-10,17-20H2,1-5H3,(H,38,45). The molecule has 1 atom stereocenters. The Balaban J connectivity index is 0.898. The number of fused-ring (bicyclic) bond motifs is 3. The summed E-state index contributed by atoms with van der Waals surface area (Å²) in [5.41, 5.74) is 4.91. The van der Waals surface area contributed by atoms with Crippen LogP contribution < -0.4 is 15.0 Å². The Morgan fingerprint density at radius 2 is 1.70 bits per heavy atom. The zero-order valence-corrected chi connectivity index (χ0v) is 28.7. The normalized spacial score (nSPS) is 21.2. The maximum atomic E-state index is 12.6. The molecular formula is C36H42N8O2S. The monoisotopic (exact) mass is 650 g/mol. The smallest absolute Gasteiger partial charge is 0.272 e. The van der Waals surface area contributed by atoms with Gasteiger partial charge in [-0.05, 0) is 102 Å². The van der Waals surface area contributed by atoms with Gasteiger partial charge in [-0.25, -0.2) is 0 Å². The average molecular weight is 651 g/mol. The summed E-state index contributed by atoms with van der Waals surface area (Å²) in [6, 6.07) is 12.3. The number of ether oxygens (including phenoxy) is 1. The lowest BCUT2D eigenvalue weighted by Gasteiger charge is -2.62. The van der Waals surface area contributed by atoms with Crippen LogP contribution in [0.2, 0.25) is 0 Å². The molecule has 2 saturated carbocycles. The molecule has 2 aliphatic heterocycles. The van der Waals surface area contributed by atoms with Crippen molar-refractivity contribution in [1.29, 1.82) is 0 Å². The minimum atomic E-state index is -0.206. The number of nitrogens with zero attached hydrogens (tertiary/aromatic N) is 7. The maximum Gasteiger partial charge on any atom is 0.272 e. The van der Waals surface area contributed by atoms with E-state index in [0.29, 0.717) is 5.69 Å². The number of benzene rings is 1. The van der Waals surface area contributed by atoms with Crippen LogP contribution in [0.4, 0.5) is 5.82 Å². The number of aromatic nitrogens is 5. The van der Waals surface area contributed by atoms with Crippen molar-refractivity contribution in [1.82, 2.24) is 30.3 Å². The number of carbonyl (C=O) groups is 1. The van der Waals surface area contributed by atoms with Gasteiger partial charge in [-0.1, -0.05) is 19.3 Å². The number of anilines is 1. The van der Waals surface area contributed by atoms with Crippen molar-refractivity contribution in [2.75, 3.05) is 18.0 Å². The van der Waals surface area contributed by atoms with Crippen LogP contribution in [0.5, 0.6) is 5.75 Å². The molecule has 1 saturated heterocycles. The lowest BCUT2D eigenvalue weighted by molar-refractivity contribution is -0.109. The minimum absolute atomic E-state index is 0.108. The number of rotatable bonds is 6. The number of amides is 1. The second kappa shape index (κ2) is 11.2. The van der Waals surface area contributed by atoms with Gasteiger partial charge in [-0.3, -0.25) is 14.4 Å². The van der Waals surface area contributed by atoms with Crippen molar-refractivity contribution in [3.63, 3.8) is 0 Å². The fraction of sp³-hybridized carbons (Fsp3) is 0.500. The van der Waals surface area contributed by atoms with Gasteiger partial charge in [0.25, 0.3) is 5.91 Å². The van der Waals surface area contributed by atoms with Gasteiger partial charge in [0.15, 0.2) is 17.3 Å². The zero-order valence-electron chi connectivity index (χ0n) is 27.8. The molecule has 1 spiro atoms. The Morgan fingerprint density at radius 3 is 2.40 bits per heavy atom. The SMILES string of the molecule is Cc1sc2c(c1C)C(c1ccc(OC3(C)CC4(CN(c5ccc(C(=O)NC6CCCCC6)nn5)C4)C3)cc1)=NC(C)c1nnc(C)n1-2. The Labute approximate surface area is 279 Å². The predicted octanol–water partition coefficient (Wildman–Crippen LogP) is 6.46. The Kier molecular flexibility index (Phi) is 7.23. The number of aliphatic imine (C=N–C) groups is 1. The molecule has 244 valence electrons. The van der Waals surface area contributed by atoms with Crippen LogP contribution in [-0.4, -0.2) is 61.3 Å². The van der Waals surface area contributed by atoms with Crippen LogP contribution in [0.15, 0.2) is 41.4 Å². The highest BCUT2D eigenvalue weighted by Crippen LogP contribution is 2.56. The van der Waals surface area contributed by atoms with E-state index >= 15 is 0 Å². The van der Waals surface area contributed by atoms with Gasteiger partial charge in [-0.2, -0.15) is 0 Å². The molecule has 1 aromatic carbocycles. The van der Waals surface area contributed by atoms with Crippen LogP contribution in [0.1, 0.15) is 109 Å². The largest absolute Gasteiger partial charge is 0.488 e. The van der Waals surface area contributed by atoms with Crippen LogP contribution >= 0.6 is 11.3 Å². The van der Waals surface area contributed by atoms with Gasteiger partial charge in [0, 0.05) is 40.6 Å². The molecule has 3 fully saturated rings. The highest BCUT2D eigenvalue weighted by atomic mass is 32.1. The number of thiophene rings is 1. The summed E-state index contributed by atoms with van der Waals surface area (Å²) in [5, 5.41) is 21.8. The summed E-state index contributed by atoms with van der Waals surface area (Å²) in [4.78, 5) is 21.3. The van der Waals surface area contributed by atoms with Crippen LogP contribution in [0.3, 0.4) is 0 Å². The Morgan fingerprint density at radius 1 is 0.957 bits per heavy atom. The third-order valence-corrected chi connectivity index (χ3v) is 11.7. The molecule has 5 heterocycles. The zero-order chi connectivity index (χ0) is 32.5. The first-order valence-electron chi connectivity index (χ1n) is 16.9. The Hall–Kier alpha value is -4.12. The van der Waals surface area contributed by atoms with Gasteiger partial charge in [0.2, 0.25) is 0 Å². The van der Waals surface area contributed by atoms with E-state index in [1.807, 2.05) is 13.0 Å². The summed E-state index contributed by atoms with van der Waals surface area (Å²) >= 11 is 1.78. The summed E-state index contributed by atoms with van der Waals surface area (Å²) < 4.78 is 8.78. The summed E-state index contributed by atoms with van der Waals surface area (Å²) in [6.07, 6.45) is 7.72. The molecule has 4 aliphatic rings. The molecule has 0 radical (unpaired) electrons. The fourth-order valence-electron chi connectivity index (χ4n) is 8.32. The van der Waals surface area contributed by atoms with Crippen molar-refractivity contribution < 1.29 is 9.53 Å². The van der Waals surface area contributed by atoms with E-state index in [2.05, 4.69) is 87.1 Å². The number of hydrogen-bond acceptors (Lipinski definition) is 9. The molecule has 11 heteroatoms. The summed E-state index contributed by atoms with van der Waals surface area (Å²) in [7, 11) is 0. The number of aryl methyl sites for hydroxylation is 2. The average Bonchev–Trinajstić information content (AvgIpc) is 3.52. The Bertz CT molecular complexity index is 1860. The van der Waals surface area contributed by atoms with Crippen LogP contribution in [-0.2, 0) is 0 Å². The van der Waals surface area contributed by atoms with Crippen molar-refractivity contribution >= 4 is 28.8 Å². The lowest BCUT2D eigenvalue weighted by atomic mass is 9.55. The van der Waals surface area contributed by atoms with E-state index in [-0.39, 0.29) is 29.0 Å². The molecule has 1 unspecified atom stereocenters. The van der Waals surface area contributed by atoms with Gasteiger partial charge >= 0.3 is 0 Å². The summed E-state index contributed by atoms with van der Waals surface area (Å²) in [5.74, 6) is 3.36. The topological polar surface area (TPSA) is 110 Å². The molecule has 10 nitrogen and oxygen atoms in total. The van der Waals surface area contributed by atoms with E-state index in [9.17, 15) is 4.79 Å². The summed E-state index contributed by atoms with van der Waals surface area (Å²) in [6.45, 7) is 12.5. The van der Waals surface area contributed by atoms with Gasteiger partial charge in [-0.15, -0.1) is 31.7 Å². The van der Waals surface area contributed by atoms with Crippen LogP contribution in [0.25, 0.3) is 5.00 Å². The van der Waals surface area contributed by atoms with Crippen molar-refractivity contribution in [3.05, 3.63) is 75.3 Å². The van der Waals surface area contributed by atoms with E-state index in [1.54, 1.807) is 17.4 Å². The highest BCUT2D eigenvalue weighted by Gasteiger charge is 2.59. The molecule has 0 bridgehead atoms. The molecular weight excluding hydrogens is 609 g/mol. The third-order valence-electron chi connectivity index (χ3n) is 10.5. The highest BCUT2D eigenvalue weighted by molar-refractivity contribution is 7.15. The third kappa shape index (κ3) is 5.32. The quantitative estimate of drug-likeness (QED) is 0.255. The van der Waals surface area contributed by atoms with E-state index in [0.717, 1.165) is 78.3 Å². The number of hydrogen-bond donors (Lipinski definition) is 1. The van der Waals surface area contributed by atoms with Crippen molar-refractivity contribution in [3.8, 4) is 10.8 Å². The molecule has 8 rings (SSSR count). The maximum absolute atomic E-state index is 12.6. The number of carbonyl (C=O) groups excluding carboxylic acids is 1. The van der Waals surface area contributed by atoms with E-state index in [4.69, 9.17) is 9.73 Å². The van der Waals surface area contributed by atoms with Gasteiger partial charge < -0.3 is 15.0 Å². The second-order valence-corrected chi connectivity index (χ2v) is 15.6. The van der Waals surface area contributed by atoms with Gasteiger partial charge in [0.05, 0.1) is 5.71 Å². The predicted molar refractivity (Wildman–Crippen MR) is 183 cm³/mol. The second-order valence-electron chi connectivity index (χ2n) is 14.4. The lowest BCUT2D eigenvalue weighted by Crippen LogP contribution is -2.69. The first-order chi connectivity index (χ1) is 22.6. The van der Waals surface area contributed by atoms with Gasteiger partial charge in [0.1, 0.15) is 28.2 Å². The van der Waals surface area contributed by atoms with Crippen LogP contribution in [0, 0.1) is 26.2 Å². The van der Waals surface area contributed by atoms with Crippen molar-refractivity contribution in [2.45, 2.75) is 97.2 Å². The van der Waals surface area contributed by atoms with Crippen molar-refractivity contribution in [2.24, 2.45) is 10.4 Å². The minimum Gasteiger partial charge on any atom is -0.488 e. The molecule has 4 aromatic rings. The number of nitrogens with one attached hydrogen (secondary N) is 1.